The van der Waals surface area contributed by atoms with Crippen LogP contribution >= 0.6 is 0 Å². The second-order valence-electron chi connectivity index (χ2n) is 12.3. The highest BCUT2D eigenvalue weighted by Gasteiger charge is 2.25. The molecule has 2 aromatic rings. The van der Waals surface area contributed by atoms with Gasteiger partial charge in [-0.05, 0) is 38.5 Å². The van der Waals surface area contributed by atoms with Gasteiger partial charge in [-0.2, -0.15) is 0 Å². The number of carboxylic acids is 5. The molecule has 8 N–H and O–H groups in total. The van der Waals surface area contributed by atoms with E-state index in [9.17, 15) is 48.9 Å². The van der Waals surface area contributed by atoms with Gasteiger partial charge in [0.05, 0.1) is 26.3 Å². The summed E-state index contributed by atoms with van der Waals surface area (Å²) in [4.78, 5) is 90.6. The first-order chi connectivity index (χ1) is 26.2. The molecule has 0 fully saturated rings. The lowest BCUT2D eigenvalue weighted by atomic mass is 10.1. The Kier molecular flexibility index (Phi) is 21.0. The van der Waals surface area contributed by atoms with Gasteiger partial charge in [0, 0.05) is 63.9 Å². The molecule has 22 heteroatoms. The number of nitrogens with one attached hydrogen (secondary N) is 3. The Hall–Kier alpha value is -5.61. The zero-order chi connectivity index (χ0) is 40.6. The number of rotatable bonds is 31. The molecule has 0 aliphatic heterocycles. The molecule has 2 aromatic heterocycles. The van der Waals surface area contributed by atoms with Gasteiger partial charge in [0.2, 0.25) is 5.91 Å². The molecule has 0 bridgehead atoms. The largest absolute Gasteiger partial charge is 0.481 e. The molecule has 0 aliphatic rings. The van der Waals surface area contributed by atoms with Crippen LogP contribution in [0.1, 0.15) is 63.0 Å². The summed E-state index contributed by atoms with van der Waals surface area (Å²) < 4.78 is 14.4. The molecule has 0 saturated heterocycles. The highest BCUT2D eigenvalue weighted by atomic mass is 16.5. The van der Waals surface area contributed by atoms with Gasteiger partial charge < -0.3 is 60.1 Å². The lowest BCUT2D eigenvalue weighted by molar-refractivity contribution is -0.141. The molecule has 0 unspecified atom stereocenters. The second kappa shape index (κ2) is 25.4. The van der Waals surface area contributed by atoms with E-state index in [1.54, 1.807) is 12.4 Å². The quantitative estimate of drug-likeness (QED) is 0.0460. The number of hydrogen-bond acceptors (Lipinski definition) is 12. The Morgan fingerprint density at radius 2 is 1.18 bits per heavy atom. The number of aliphatic carboxylic acids is 5. The lowest BCUT2D eigenvalue weighted by Crippen LogP contribution is -2.51. The van der Waals surface area contributed by atoms with E-state index in [1.807, 2.05) is 4.90 Å². The topological polar surface area (TPSA) is 314 Å². The zero-order valence-corrected chi connectivity index (χ0v) is 30.3. The number of imidazole rings is 2. The van der Waals surface area contributed by atoms with Crippen molar-refractivity contribution in [2.24, 2.45) is 0 Å². The van der Waals surface area contributed by atoms with Crippen LogP contribution in [0.15, 0.2) is 24.8 Å². The smallest absolute Gasteiger partial charge is 0.326 e. The average Bonchev–Trinajstić information content (AvgIpc) is 3.73. The van der Waals surface area contributed by atoms with Gasteiger partial charge in [-0.25, -0.2) is 24.4 Å². The van der Waals surface area contributed by atoms with Crippen LogP contribution in [0.2, 0.25) is 0 Å². The predicted octanol–water partition coefficient (Wildman–Crippen LogP) is -0.189. The molecule has 55 heavy (non-hydrogen) atoms. The van der Waals surface area contributed by atoms with Crippen LogP contribution in [0.5, 0.6) is 0 Å². The van der Waals surface area contributed by atoms with Gasteiger partial charge in [0.15, 0.2) is 0 Å². The Bertz CT molecular complexity index is 1490. The number of nitrogens with zero attached hydrogens (tertiary/aromatic N) is 5. The molecule has 0 spiro atoms. The maximum Gasteiger partial charge on any atom is 0.326 e. The highest BCUT2D eigenvalue weighted by molar-refractivity contribution is 5.86. The van der Waals surface area contributed by atoms with Crippen LogP contribution in [0.4, 0.5) is 4.79 Å². The number of urea groups is 1. The summed E-state index contributed by atoms with van der Waals surface area (Å²) in [5.41, 5.74) is 0. The molecule has 306 valence electrons. The molecule has 22 nitrogen and oxygen atoms in total. The molecular weight excluding hydrogens is 732 g/mol. The van der Waals surface area contributed by atoms with E-state index in [0.717, 1.165) is 0 Å². The first-order valence-electron chi connectivity index (χ1n) is 17.6. The van der Waals surface area contributed by atoms with Crippen molar-refractivity contribution in [3.63, 3.8) is 0 Å². The maximum atomic E-state index is 12.1. The Labute approximate surface area is 315 Å². The van der Waals surface area contributed by atoms with Gasteiger partial charge >= 0.3 is 35.9 Å². The number of ether oxygens (including phenoxy) is 2. The molecule has 0 saturated carbocycles. The van der Waals surface area contributed by atoms with Crippen molar-refractivity contribution in [2.75, 3.05) is 39.5 Å². The minimum atomic E-state index is -1.50. The first kappa shape index (κ1) is 45.5. The van der Waals surface area contributed by atoms with Gasteiger partial charge in [0.1, 0.15) is 36.8 Å². The van der Waals surface area contributed by atoms with Crippen molar-refractivity contribution in [1.82, 2.24) is 40.0 Å². The average molecular weight is 783 g/mol. The molecular formula is C33H50N8O14. The van der Waals surface area contributed by atoms with Gasteiger partial charge in [-0.3, -0.25) is 24.1 Å². The summed E-state index contributed by atoms with van der Waals surface area (Å²) in [6.07, 6.45) is 7.55. The monoisotopic (exact) mass is 782 g/mol. The zero-order valence-electron chi connectivity index (χ0n) is 30.3. The minimum Gasteiger partial charge on any atom is -0.481 e. The van der Waals surface area contributed by atoms with Crippen molar-refractivity contribution in [2.45, 2.75) is 89.6 Å². The Morgan fingerprint density at radius 3 is 1.69 bits per heavy atom. The molecule has 0 radical (unpaired) electrons. The Morgan fingerprint density at radius 1 is 0.655 bits per heavy atom. The second-order valence-corrected chi connectivity index (χ2v) is 12.3. The molecule has 2 atom stereocenters. The van der Waals surface area contributed by atoms with Crippen LogP contribution in [0.25, 0.3) is 0 Å². The molecule has 0 aliphatic carbocycles. The van der Waals surface area contributed by atoms with Crippen molar-refractivity contribution in [3.8, 4) is 0 Å². The number of carbonyl (C=O) groups is 7. The molecule has 0 aromatic carbocycles. The van der Waals surface area contributed by atoms with E-state index in [4.69, 9.17) is 19.7 Å². The van der Waals surface area contributed by atoms with Crippen LogP contribution in [-0.2, 0) is 64.4 Å². The third-order valence-electron chi connectivity index (χ3n) is 7.89. The summed E-state index contributed by atoms with van der Waals surface area (Å²) in [5, 5.41) is 52.6. The summed E-state index contributed by atoms with van der Waals surface area (Å²) >= 11 is 0. The van der Waals surface area contributed by atoms with Crippen molar-refractivity contribution in [1.29, 1.82) is 0 Å². The van der Waals surface area contributed by atoms with Crippen LogP contribution in [0, 0.1) is 0 Å². The number of hydrogen-bond donors (Lipinski definition) is 8. The van der Waals surface area contributed by atoms with Crippen LogP contribution < -0.4 is 16.0 Å². The minimum absolute atomic E-state index is 0.0121. The summed E-state index contributed by atoms with van der Waals surface area (Å²) in [6, 6.07) is -3.87. The summed E-state index contributed by atoms with van der Waals surface area (Å²) in [6.45, 7) is 2.16. The number of aromatic nitrogens is 4. The van der Waals surface area contributed by atoms with E-state index in [-0.39, 0.29) is 64.5 Å². The third kappa shape index (κ3) is 19.9. The van der Waals surface area contributed by atoms with Gasteiger partial charge in [-0.1, -0.05) is 0 Å². The molecule has 3 amide bonds. The highest BCUT2D eigenvalue weighted by Crippen LogP contribution is 2.10. The third-order valence-corrected chi connectivity index (χ3v) is 7.89. The standard InChI is InChI=1S/C33H50N8O14/c42-27(36-9-2-1-5-23(31(49)50)37-33(53)38-24(32(51)52)6-7-28(43)44)8-17-54-15-3-4-16-55-18-14-39(19-25-34-10-12-40(25)21-29(45)46)20-26-35-11-13-41(26)22-30(47)48/h10-13,23-24H,1-9,14-22H2,(H,36,42)(H,43,44)(H,45,46)(H,47,48)(H,49,50)(H,51,52)(H2,37,38,53)/t23-,24-/m0/s1. The number of carbonyl (C=O) groups excluding carboxylic acids is 2. The summed E-state index contributed by atoms with van der Waals surface area (Å²) in [7, 11) is 0. The van der Waals surface area contributed by atoms with Crippen LogP contribution in [0.3, 0.4) is 0 Å². The van der Waals surface area contributed by atoms with E-state index in [0.29, 0.717) is 63.7 Å². The fraction of sp³-hybridized carbons (Fsp3) is 0.606. The predicted molar refractivity (Wildman–Crippen MR) is 188 cm³/mol. The van der Waals surface area contributed by atoms with Crippen molar-refractivity contribution < 1.29 is 68.6 Å². The fourth-order valence-corrected chi connectivity index (χ4v) is 5.08. The van der Waals surface area contributed by atoms with Crippen molar-refractivity contribution >= 4 is 41.8 Å². The fourth-order valence-electron chi connectivity index (χ4n) is 5.08. The number of unbranched alkanes of at least 4 members (excludes halogenated alkanes) is 2. The lowest BCUT2D eigenvalue weighted by Gasteiger charge is -2.22. The molecule has 2 heterocycles. The SMILES string of the molecule is O=C(O)CC[C@H](NC(=O)N[C@@H](CCCCNC(=O)CCOCCCCOCCN(Cc1nccn1CC(=O)O)Cc1nccn1CC(=O)O)C(=O)O)C(=O)O. The van der Waals surface area contributed by atoms with E-state index in [2.05, 4.69) is 25.9 Å². The maximum absolute atomic E-state index is 12.1. The van der Waals surface area contributed by atoms with Crippen molar-refractivity contribution in [3.05, 3.63) is 36.4 Å². The molecule has 2 rings (SSSR count). The Balaban J connectivity index is 1.60. The first-order valence-corrected chi connectivity index (χ1v) is 17.6. The van der Waals surface area contributed by atoms with Gasteiger partial charge in [-0.15, -0.1) is 0 Å². The van der Waals surface area contributed by atoms with Gasteiger partial charge in [0.25, 0.3) is 0 Å². The normalized spacial score (nSPS) is 12.2. The van der Waals surface area contributed by atoms with E-state index >= 15 is 0 Å². The van der Waals surface area contributed by atoms with E-state index in [1.165, 1.54) is 21.5 Å². The van der Waals surface area contributed by atoms with Crippen LogP contribution in [-0.4, -0.2) is 143 Å². The number of carboxylic acid groups (broad SMARTS) is 5. The summed E-state index contributed by atoms with van der Waals surface area (Å²) in [5.74, 6) is -5.25. The number of amides is 3. The van der Waals surface area contributed by atoms with E-state index < -0.39 is 54.4 Å².